The van der Waals surface area contributed by atoms with Gasteiger partial charge in [0.1, 0.15) is 0 Å². The van der Waals surface area contributed by atoms with E-state index in [0.29, 0.717) is 25.0 Å². The average Bonchev–Trinajstić information content (AvgIpc) is 2.82. The lowest BCUT2D eigenvalue weighted by Crippen LogP contribution is -2.51. The zero-order valence-corrected chi connectivity index (χ0v) is 10.7. The number of nitrogens with two attached hydrogens (primary N) is 1. The number of carbonyl (C=O) groups is 1. The third-order valence-electron chi connectivity index (χ3n) is 3.97. The smallest absolute Gasteiger partial charge is 0.223 e. The summed E-state index contributed by atoms with van der Waals surface area (Å²) < 4.78 is 5.57. The fraction of sp³-hybridized carbons (Fsp3) is 0.923. The maximum absolute atomic E-state index is 12.2. The van der Waals surface area contributed by atoms with Gasteiger partial charge >= 0.3 is 0 Å². The lowest BCUT2D eigenvalue weighted by molar-refractivity contribution is -0.140. The van der Waals surface area contributed by atoms with E-state index < -0.39 is 0 Å². The van der Waals surface area contributed by atoms with Crippen LogP contribution in [0.1, 0.15) is 39.0 Å². The summed E-state index contributed by atoms with van der Waals surface area (Å²) in [6.07, 6.45) is 5.79. The molecule has 2 N–H and O–H groups in total. The highest BCUT2D eigenvalue weighted by Gasteiger charge is 2.28. The normalized spacial score (nSPS) is 28.4. The summed E-state index contributed by atoms with van der Waals surface area (Å²) in [5, 5.41) is 0. The molecule has 0 spiro atoms. The zero-order valence-electron chi connectivity index (χ0n) is 10.7. The number of hydrogen-bond donors (Lipinski definition) is 1. The van der Waals surface area contributed by atoms with Crippen molar-refractivity contribution in [2.45, 2.75) is 51.2 Å². The minimum Gasteiger partial charge on any atom is -0.373 e. The Bertz CT molecular complexity index is 262. The fourth-order valence-corrected chi connectivity index (χ4v) is 2.81. The average molecular weight is 240 g/mol. The molecule has 1 saturated heterocycles. The van der Waals surface area contributed by atoms with E-state index in [-0.39, 0.29) is 12.1 Å². The Morgan fingerprint density at radius 1 is 1.47 bits per heavy atom. The van der Waals surface area contributed by atoms with Gasteiger partial charge in [-0.2, -0.15) is 0 Å². The van der Waals surface area contributed by atoms with Crippen LogP contribution in [0, 0.1) is 5.92 Å². The molecule has 2 atom stereocenters. The second kappa shape index (κ2) is 5.83. The van der Waals surface area contributed by atoms with Crippen molar-refractivity contribution in [2.24, 2.45) is 11.7 Å². The van der Waals surface area contributed by atoms with Gasteiger partial charge in [0, 0.05) is 25.6 Å². The molecule has 0 bridgehead atoms. The van der Waals surface area contributed by atoms with Crippen molar-refractivity contribution in [1.29, 1.82) is 0 Å². The number of carbonyl (C=O) groups excluding carboxylic acids is 1. The molecule has 1 aliphatic heterocycles. The van der Waals surface area contributed by atoms with E-state index in [9.17, 15) is 4.79 Å². The van der Waals surface area contributed by atoms with Gasteiger partial charge in [-0.3, -0.25) is 4.79 Å². The molecule has 2 rings (SSSR count). The molecule has 2 unspecified atom stereocenters. The van der Waals surface area contributed by atoms with Crippen molar-refractivity contribution < 1.29 is 9.53 Å². The van der Waals surface area contributed by atoms with Crippen LogP contribution in [0.5, 0.6) is 0 Å². The third-order valence-corrected chi connectivity index (χ3v) is 3.97. The highest BCUT2D eigenvalue weighted by atomic mass is 16.5. The lowest BCUT2D eigenvalue weighted by Gasteiger charge is -2.35. The number of morpholine rings is 1. The molecule has 0 aromatic rings. The van der Waals surface area contributed by atoms with E-state index in [4.69, 9.17) is 10.5 Å². The Morgan fingerprint density at radius 2 is 2.18 bits per heavy atom. The molecule has 4 nitrogen and oxygen atoms in total. The second-order valence-electron chi connectivity index (χ2n) is 5.46. The second-order valence-corrected chi connectivity index (χ2v) is 5.46. The summed E-state index contributed by atoms with van der Waals surface area (Å²) in [5.41, 5.74) is 5.83. The van der Waals surface area contributed by atoms with E-state index in [1.165, 1.54) is 25.7 Å². The SMILES string of the molecule is CC(N)C1CN(C(=O)CC2CCCC2)CCO1. The van der Waals surface area contributed by atoms with Crippen LogP contribution in [-0.4, -0.2) is 42.6 Å². The van der Waals surface area contributed by atoms with E-state index >= 15 is 0 Å². The highest BCUT2D eigenvalue weighted by molar-refractivity contribution is 5.76. The molecule has 4 heteroatoms. The number of nitrogens with zero attached hydrogens (tertiary/aromatic N) is 1. The minimum absolute atomic E-state index is 0.00270. The molecule has 2 fully saturated rings. The fourth-order valence-electron chi connectivity index (χ4n) is 2.81. The van der Waals surface area contributed by atoms with Gasteiger partial charge in [-0.1, -0.05) is 12.8 Å². The van der Waals surface area contributed by atoms with Crippen molar-refractivity contribution in [3.8, 4) is 0 Å². The van der Waals surface area contributed by atoms with E-state index in [2.05, 4.69) is 0 Å². The number of amides is 1. The summed E-state index contributed by atoms with van der Waals surface area (Å²) in [6.45, 7) is 3.97. The number of rotatable bonds is 3. The molecule has 1 aliphatic carbocycles. The van der Waals surface area contributed by atoms with E-state index in [0.717, 1.165) is 13.0 Å². The molecule has 17 heavy (non-hydrogen) atoms. The van der Waals surface area contributed by atoms with Gasteiger partial charge < -0.3 is 15.4 Å². The minimum atomic E-state index is -0.00270. The van der Waals surface area contributed by atoms with Crippen LogP contribution in [0.25, 0.3) is 0 Å². The van der Waals surface area contributed by atoms with Crippen molar-refractivity contribution in [2.75, 3.05) is 19.7 Å². The quantitative estimate of drug-likeness (QED) is 0.805. The van der Waals surface area contributed by atoms with Crippen molar-refractivity contribution in [1.82, 2.24) is 4.90 Å². The Hall–Kier alpha value is -0.610. The largest absolute Gasteiger partial charge is 0.373 e. The number of hydrogen-bond acceptors (Lipinski definition) is 3. The van der Waals surface area contributed by atoms with Crippen LogP contribution in [-0.2, 0) is 9.53 Å². The molecule has 0 aromatic carbocycles. The van der Waals surface area contributed by atoms with Crippen LogP contribution >= 0.6 is 0 Å². The molecule has 2 aliphatic rings. The molecule has 1 amide bonds. The first-order valence-corrected chi connectivity index (χ1v) is 6.82. The van der Waals surface area contributed by atoms with Crippen molar-refractivity contribution >= 4 is 5.91 Å². The first-order chi connectivity index (χ1) is 8.16. The topological polar surface area (TPSA) is 55.6 Å². The maximum atomic E-state index is 12.2. The van der Waals surface area contributed by atoms with Gasteiger partial charge in [0.25, 0.3) is 0 Å². The monoisotopic (exact) mass is 240 g/mol. The standard InChI is InChI=1S/C13H24N2O2/c1-10(14)12-9-15(6-7-17-12)13(16)8-11-4-2-3-5-11/h10-12H,2-9,14H2,1H3. The third kappa shape index (κ3) is 3.42. The van der Waals surface area contributed by atoms with Gasteiger partial charge in [0.2, 0.25) is 5.91 Å². The van der Waals surface area contributed by atoms with Crippen LogP contribution in [0.3, 0.4) is 0 Å². The Kier molecular flexibility index (Phi) is 4.40. The highest BCUT2D eigenvalue weighted by Crippen LogP contribution is 2.28. The Labute approximate surface area is 103 Å². The summed E-state index contributed by atoms with van der Waals surface area (Å²) in [4.78, 5) is 14.1. The molecular weight excluding hydrogens is 216 g/mol. The van der Waals surface area contributed by atoms with Crippen LogP contribution < -0.4 is 5.73 Å². The van der Waals surface area contributed by atoms with Crippen molar-refractivity contribution in [3.05, 3.63) is 0 Å². The van der Waals surface area contributed by atoms with Gasteiger partial charge in [-0.05, 0) is 25.7 Å². The van der Waals surface area contributed by atoms with Crippen LogP contribution in [0.4, 0.5) is 0 Å². The van der Waals surface area contributed by atoms with Gasteiger partial charge in [-0.25, -0.2) is 0 Å². The molecule has 0 aromatic heterocycles. The molecule has 1 heterocycles. The predicted molar refractivity (Wildman–Crippen MR) is 66.5 cm³/mol. The molecular formula is C13H24N2O2. The zero-order chi connectivity index (χ0) is 12.3. The molecule has 98 valence electrons. The van der Waals surface area contributed by atoms with E-state index in [1.54, 1.807) is 0 Å². The predicted octanol–water partition coefficient (Wildman–Crippen LogP) is 1.14. The van der Waals surface area contributed by atoms with Gasteiger partial charge in [0.05, 0.1) is 12.7 Å². The van der Waals surface area contributed by atoms with Gasteiger partial charge in [-0.15, -0.1) is 0 Å². The first-order valence-electron chi connectivity index (χ1n) is 6.82. The lowest BCUT2D eigenvalue weighted by atomic mass is 10.0. The number of ether oxygens (including phenoxy) is 1. The van der Waals surface area contributed by atoms with Crippen molar-refractivity contribution in [3.63, 3.8) is 0 Å². The van der Waals surface area contributed by atoms with Crippen LogP contribution in [0.15, 0.2) is 0 Å². The summed E-state index contributed by atoms with van der Waals surface area (Å²) in [5.74, 6) is 0.921. The summed E-state index contributed by atoms with van der Waals surface area (Å²) in [7, 11) is 0. The Morgan fingerprint density at radius 3 is 2.82 bits per heavy atom. The van der Waals surface area contributed by atoms with Crippen LogP contribution in [0.2, 0.25) is 0 Å². The molecule has 1 saturated carbocycles. The maximum Gasteiger partial charge on any atom is 0.223 e. The van der Waals surface area contributed by atoms with Gasteiger partial charge in [0.15, 0.2) is 0 Å². The van der Waals surface area contributed by atoms with E-state index in [1.807, 2.05) is 11.8 Å². The summed E-state index contributed by atoms with van der Waals surface area (Å²) >= 11 is 0. The Balaban J connectivity index is 1.81. The summed E-state index contributed by atoms with van der Waals surface area (Å²) in [6, 6.07) is -0.00270. The molecule has 0 radical (unpaired) electrons. The first kappa shape index (κ1) is 12.8.